The molecule has 2 amide bonds. The Hall–Kier alpha value is -3.00. The zero-order valence-corrected chi connectivity index (χ0v) is 17.8. The number of amides is 2. The van der Waals surface area contributed by atoms with Crippen molar-refractivity contribution in [3.63, 3.8) is 0 Å². The molecule has 8 heteroatoms. The van der Waals surface area contributed by atoms with E-state index >= 15 is 0 Å². The number of rotatable bonds is 8. The first-order valence-electron chi connectivity index (χ1n) is 10.5. The van der Waals surface area contributed by atoms with Crippen LogP contribution in [0.5, 0.6) is 0 Å². The molecule has 160 valence electrons. The normalized spacial score (nSPS) is 14.9. The largest absolute Gasteiger partial charge is 0.342 e. The third-order valence-corrected chi connectivity index (χ3v) is 5.30. The molecule has 0 radical (unpaired) electrons. The first-order chi connectivity index (χ1) is 14.6. The van der Waals surface area contributed by atoms with Crippen LogP contribution in [0.2, 0.25) is 0 Å². The molecule has 0 bridgehead atoms. The van der Waals surface area contributed by atoms with Gasteiger partial charge < -0.3 is 9.80 Å². The second-order valence-corrected chi connectivity index (χ2v) is 7.33. The summed E-state index contributed by atoms with van der Waals surface area (Å²) in [5.41, 5.74) is 1.80. The summed E-state index contributed by atoms with van der Waals surface area (Å²) >= 11 is 0. The van der Waals surface area contributed by atoms with Crippen molar-refractivity contribution in [2.75, 3.05) is 45.8 Å². The standard InChI is InChI=1S/C22H30N6O2/c1-3-26(4-2)22(30)18-25-12-14-27(15-13-25)21(29)11-10-20-17-28(24-23-20)16-19-8-6-5-7-9-19/h5-11,17H,3-4,12-16,18H2,1-2H3/b11-10+. The molecule has 1 aliphatic heterocycles. The van der Waals surface area contributed by atoms with Gasteiger partial charge in [-0.05, 0) is 25.5 Å². The van der Waals surface area contributed by atoms with Crippen molar-refractivity contribution < 1.29 is 9.59 Å². The van der Waals surface area contributed by atoms with Crippen LogP contribution in [0.4, 0.5) is 0 Å². The predicted octanol–water partition coefficient (Wildman–Crippen LogP) is 1.35. The van der Waals surface area contributed by atoms with Crippen molar-refractivity contribution in [1.29, 1.82) is 0 Å². The molecule has 30 heavy (non-hydrogen) atoms. The minimum Gasteiger partial charge on any atom is -0.342 e. The maximum Gasteiger partial charge on any atom is 0.246 e. The van der Waals surface area contributed by atoms with Crippen LogP contribution in [0.1, 0.15) is 25.1 Å². The molecular weight excluding hydrogens is 380 g/mol. The van der Waals surface area contributed by atoms with Gasteiger partial charge in [0.1, 0.15) is 5.69 Å². The van der Waals surface area contributed by atoms with Gasteiger partial charge in [-0.2, -0.15) is 0 Å². The Morgan fingerprint density at radius 3 is 2.43 bits per heavy atom. The zero-order chi connectivity index (χ0) is 21.3. The fourth-order valence-corrected chi connectivity index (χ4v) is 3.49. The highest BCUT2D eigenvalue weighted by atomic mass is 16.2. The summed E-state index contributed by atoms with van der Waals surface area (Å²) in [6, 6.07) is 10.0. The number of carbonyl (C=O) groups is 2. The average molecular weight is 411 g/mol. The van der Waals surface area contributed by atoms with Gasteiger partial charge in [0, 0.05) is 45.3 Å². The number of aromatic nitrogens is 3. The third kappa shape index (κ3) is 6.00. The van der Waals surface area contributed by atoms with E-state index in [4.69, 9.17) is 0 Å². The molecule has 1 aromatic carbocycles. The van der Waals surface area contributed by atoms with E-state index in [9.17, 15) is 9.59 Å². The number of hydrogen-bond donors (Lipinski definition) is 0. The quantitative estimate of drug-likeness (QED) is 0.614. The molecule has 0 unspecified atom stereocenters. The first-order valence-corrected chi connectivity index (χ1v) is 10.5. The van der Waals surface area contributed by atoms with Crippen molar-refractivity contribution in [3.8, 4) is 0 Å². The lowest BCUT2D eigenvalue weighted by Crippen LogP contribution is -2.51. The number of carbonyl (C=O) groups excluding carboxylic acids is 2. The van der Waals surface area contributed by atoms with Crippen LogP contribution in [0, 0.1) is 0 Å². The van der Waals surface area contributed by atoms with Crippen LogP contribution in [0.15, 0.2) is 42.6 Å². The Morgan fingerprint density at radius 1 is 1.07 bits per heavy atom. The third-order valence-electron chi connectivity index (χ3n) is 5.30. The fourth-order valence-electron chi connectivity index (χ4n) is 3.49. The summed E-state index contributed by atoms with van der Waals surface area (Å²) in [6.45, 7) is 9.16. The lowest BCUT2D eigenvalue weighted by atomic mass is 10.2. The number of hydrogen-bond acceptors (Lipinski definition) is 5. The second kappa shape index (κ2) is 10.7. The molecule has 0 saturated carbocycles. The number of benzene rings is 1. The van der Waals surface area contributed by atoms with Crippen molar-refractivity contribution in [1.82, 2.24) is 29.7 Å². The molecule has 8 nitrogen and oxygen atoms in total. The van der Waals surface area contributed by atoms with Gasteiger partial charge in [-0.25, -0.2) is 4.68 Å². The molecule has 0 spiro atoms. The number of piperazine rings is 1. The fraction of sp³-hybridized carbons (Fsp3) is 0.455. The molecule has 3 rings (SSSR count). The summed E-state index contributed by atoms with van der Waals surface area (Å²) in [7, 11) is 0. The number of likely N-dealkylation sites (N-methyl/N-ethyl adjacent to an activating group) is 1. The molecular formula is C22H30N6O2. The van der Waals surface area contributed by atoms with Gasteiger partial charge in [0.15, 0.2) is 0 Å². The minimum absolute atomic E-state index is 0.0395. The monoisotopic (exact) mass is 410 g/mol. The SMILES string of the molecule is CCN(CC)C(=O)CN1CCN(C(=O)/C=C/c2cn(Cc3ccccc3)nn2)CC1. The Bertz CT molecular complexity index is 852. The van der Waals surface area contributed by atoms with Crippen LogP contribution < -0.4 is 0 Å². The van der Waals surface area contributed by atoms with E-state index in [1.807, 2.05) is 60.2 Å². The van der Waals surface area contributed by atoms with Crippen LogP contribution >= 0.6 is 0 Å². The Balaban J connectivity index is 1.45. The maximum atomic E-state index is 12.5. The van der Waals surface area contributed by atoms with Gasteiger partial charge in [-0.15, -0.1) is 5.10 Å². The van der Waals surface area contributed by atoms with Crippen molar-refractivity contribution in [2.45, 2.75) is 20.4 Å². The van der Waals surface area contributed by atoms with Crippen molar-refractivity contribution >= 4 is 17.9 Å². The number of nitrogens with zero attached hydrogens (tertiary/aromatic N) is 6. The summed E-state index contributed by atoms with van der Waals surface area (Å²) in [5.74, 6) is 0.112. The van der Waals surface area contributed by atoms with E-state index in [0.717, 1.165) is 18.7 Å². The Kier molecular flexibility index (Phi) is 7.73. The van der Waals surface area contributed by atoms with E-state index < -0.39 is 0 Å². The van der Waals surface area contributed by atoms with Crippen molar-refractivity contribution in [3.05, 3.63) is 53.9 Å². The second-order valence-electron chi connectivity index (χ2n) is 7.33. The van der Waals surface area contributed by atoms with Gasteiger partial charge in [0.2, 0.25) is 11.8 Å². The molecule has 2 heterocycles. The van der Waals surface area contributed by atoms with Gasteiger partial charge in [-0.1, -0.05) is 35.5 Å². The van der Waals surface area contributed by atoms with E-state index in [1.54, 1.807) is 16.8 Å². The van der Waals surface area contributed by atoms with Crippen LogP contribution in [-0.4, -0.2) is 87.3 Å². The zero-order valence-electron chi connectivity index (χ0n) is 17.8. The van der Waals surface area contributed by atoms with Gasteiger partial charge in [0.25, 0.3) is 0 Å². The molecule has 1 aliphatic rings. The molecule has 0 atom stereocenters. The summed E-state index contributed by atoms with van der Waals surface area (Å²) in [6.07, 6.45) is 5.08. The van der Waals surface area contributed by atoms with Crippen LogP contribution in [0.25, 0.3) is 6.08 Å². The summed E-state index contributed by atoms with van der Waals surface area (Å²) in [4.78, 5) is 30.5. The van der Waals surface area contributed by atoms with E-state index in [2.05, 4.69) is 15.2 Å². The van der Waals surface area contributed by atoms with Crippen LogP contribution in [-0.2, 0) is 16.1 Å². The topological polar surface area (TPSA) is 74.6 Å². The summed E-state index contributed by atoms with van der Waals surface area (Å²) in [5, 5.41) is 8.23. The molecule has 2 aromatic rings. The lowest BCUT2D eigenvalue weighted by molar-refractivity contribution is -0.133. The maximum absolute atomic E-state index is 12.5. The lowest BCUT2D eigenvalue weighted by Gasteiger charge is -2.34. The first kappa shape index (κ1) is 21.7. The minimum atomic E-state index is -0.0395. The highest BCUT2D eigenvalue weighted by Gasteiger charge is 2.22. The van der Waals surface area contributed by atoms with E-state index in [0.29, 0.717) is 45.0 Å². The van der Waals surface area contributed by atoms with Crippen LogP contribution in [0.3, 0.4) is 0 Å². The molecule has 0 N–H and O–H groups in total. The van der Waals surface area contributed by atoms with Crippen molar-refractivity contribution in [2.24, 2.45) is 0 Å². The highest BCUT2D eigenvalue weighted by molar-refractivity contribution is 5.91. The van der Waals surface area contributed by atoms with Gasteiger partial charge in [-0.3, -0.25) is 14.5 Å². The molecule has 0 aliphatic carbocycles. The van der Waals surface area contributed by atoms with Gasteiger partial charge in [0.05, 0.1) is 19.3 Å². The molecule has 1 fully saturated rings. The molecule has 1 aromatic heterocycles. The van der Waals surface area contributed by atoms with E-state index in [-0.39, 0.29) is 11.8 Å². The summed E-state index contributed by atoms with van der Waals surface area (Å²) < 4.78 is 1.76. The van der Waals surface area contributed by atoms with E-state index in [1.165, 1.54) is 0 Å². The Labute approximate surface area is 177 Å². The Morgan fingerprint density at radius 2 is 1.77 bits per heavy atom. The average Bonchev–Trinajstić information content (AvgIpc) is 3.21. The smallest absolute Gasteiger partial charge is 0.246 e. The highest BCUT2D eigenvalue weighted by Crippen LogP contribution is 2.06. The molecule has 1 saturated heterocycles. The van der Waals surface area contributed by atoms with Gasteiger partial charge >= 0.3 is 0 Å². The predicted molar refractivity (Wildman–Crippen MR) is 116 cm³/mol.